The Kier molecular flexibility index (Phi) is 6.58. The van der Waals surface area contributed by atoms with Crippen LogP contribution >= 0.6 is 0 Å². The largest absolute Gasteiger partial charge is 0.478 e. The number of aromatic nitrogens is 1. The molecule has 17 heavy (non-hydrogen) atoms. The highest BCUT2D eigenvalue weighted by atomic mass is 16.5. The number of rotatable bonds is 8. The van der Waals surface area contributed by atoms with E-state index in [-0.39, 0.29) is 0 Å². The third kappa shape index (κ3) is 6.24. The maximum atomic E-state index is 5.54. The zero-order valence-corrected chi connectivity index (χ0v) is 10.9. The van der Waals surface area contributed by atoms with Gasteiger partial charge in [0.1, 0.15) is 0 Å². The molecule has 0 unspecified atom stereocenters. The van der Waals surface area contributed by atoms with Crippen LogP contribution in [0.3, 0.4) is 0 Å². The summed E-state index contributed by atoms with van der Waals surface area (Å²) in [4.78, 5) is 4.42. The Morgan fingerprint density at radius 2 is 2.12 bits per heavy atom. The maximum Gasteiger partial charge on any atom is 0.213 e. The molecule has 0 aromatic carbocycles. The molecule has 1 rings (SSSR count). The van der Waals surface area contributed by atoms with Gasteiger partial charge in [-0.05, 0) is 6.07 Å². The van der Waals surface area contributed by atoms with E-state index in [1.807, 2.05) is 18.2 Å². The van der Waals surface area contributed by atoms with E-state index in [9.17, 15) is 0 Å². The highest BCUT2D eigenvalue weighted by molar-refractivity contribution is 5.15. The standard InChI is InChI=1S/C13H22N2O2/c1-11(2)14-10-12-6-4-7-13(15-12)17-9-5-8-16-3/h4,6-7,11,14H,5,8-10H2,1-3H3. The van der Waals surface area contributed by atoms with Crippen LogP contribution in [0.4, 0.5) is 0 Å². The van der Waals surface area contributed by atoms with Crippen LogP contribution in [-0.4, -0.2) is 31.3 Å². The summed E-state index contributed by atoms with van der Waals surface area (Å²) < 4.78 is 10.5. The Morgan fingerprint density at radius 1 is 1.29 bits per heavy atom. The first-order chi connectivity index (χ1) is 8.22. The summed E-state index contributed by atoms with van der Waals surface area (Å²) in [6, 6.07) is 6.31. The van der Waals surface area contributed by atoms with Crippen LogP contribution < -0.4 is 10.1 Å². The maximum absolute atomic E-state index is 5.54. The molecule has 0 atom stereocenters. The minimum absolute atomic E-state index is 0.461. The van der Waals surface area contributed by atoms with Crippen molar-refractivity contribution in [1.29, 1.82) is 0 Å². The minimum Gasteiger partial charge on any atom is -0.478 e. The van der Waals surface area contributed by atoms with Crippen LogP contribution in [0, 0.1) is 0 Å². The summed E-state index contributed by atoms with van der Waals surface area (Å²) in [5.41, 5.74) is 1.00. The van der Waals surface area contributed by atoms with E-state index in [1.165, 1.54) is 0 Å². The summed E-state index contributed by atoms with van der Waals surface area (Å²) in [7, 11) is 1.69. The highest BCUT2D eigenvalue weighted by Crippen LogP contribution is 2.08. The van der Waals surface area contributed by atoms with Crippen molar-refractivity contribution in [2.24, 2.45) is 0 Å². The molecule has 1 aromatic rings. The lowest BCUT2D eigenvalue weighted by molar-refractivity contribution is 0.170. The molecule has 4 nitrogen and oxygen atoms in total. The van der Waals surface area contributed by atoms with Gasteiger partial charge in [0.15, 0.2) is 0 Å². The van der Waals surface area contributed by atoms with E-state index in [4.69, 9.17) is 9.47 Å². The van der Waals surface area contributed by atoms with Crippen LogP contribution in [0.1, 0.15) is 26.0 Å². The second-order valence-corrected chi connectivity index (χ2v) is 4.20. The van der Waals surface area contributed by atoms with Gasteiger partial charge < -0.3 is 14.8 Å². The Bertz CT molecular complexity index is 316. The van der Waals surface area contributed by atoms with Crippen LogP contribution in [0.15, 0.2) is 18.2 Å². The second-order valence-electron chi connectivity index (χ2n) is 4.20. The highest BCUT2D eigenvalue weighted by Gasteiger charge is 2.00. The van der Waals surface area contributed by atoms with Crippen LogP contribution in [0.25, 0.3) is 0 Å². The van der Waals surface area contributed by atoms with Gasteiger partial charge in [-0.1, -0.05) is 19.9 Å². The molecule has 96 valence electrons. The number of pyridine rings is 1. The summed E-state index contributed by atoms with van der Waals surface area (Å²) in [6.07, 6.45) is 0.882. The number of nitrogens with zero attached hydrogens (tertiary/aromatic N) is 1. The van der Waals surface area contributed by atoms with Crippen molar-refractivity contribution >= 4 is 0 Å². The molecule has 0 bridgehead atoms. The van der Waals surface area contributed by atoms with E-state index in [1.54, 1.807) is 7.11 Å². The van der Waals surface area contributed by atoms with Gasteiger partial charge in [0, 0.05) is 38.8 Å². The SMILES string of the molecule is COCCCOc1cccc(CNC(C)C)n1. The zero-order valence-electron chi connectivity index (χ0n) is 10.9. The van der Waals surface area contributed by atoms with E-state index in [0.717, 1.165) is 18.7 Å². The van der Waals surface area contributed by atoms with Gasteiger partial charge in [-0.25, -0.2) is 4.98 Å². The minimum atomic E-state index is 0.461. The van der Waals surface area contributed by atoms with Crippen molar-refractivity contribution in [1.82, 2.24) is 10.3 Å². The Balaban J connectivity index is 2.37. The number of hydrogen-bond acceptors (Lipinski definition) is 4. The molecule has 0 radical (unpaired) electrons. The van der Waals surface area contributed by atoms with Crippen molar-refractivity contribution in [3.8, 4) is 5.88 Å². The fraction of sp³-hybridized carbons (Fsp3) is 0.615. The van der Waals surface area contributed by atoms with Crippen molar-refractivity contribution in [3.05, 3.63) is 23.9 Å². The van der Waals surface area contributed by atoms with Gasteiger partial charge in [-0.3, -0.25) is 0 Å². The molecule has 4 heteroatoms. The van der Waals surface area contributed by atoms with E-state index < -0.39 is 0 Å². The molecule has 0 aliphatic carbocycles. The average molecular weight is 238 g/mol. The third-order valence-corrected chi connectivity index (χ3v) is 2.22. The van der Waals surface area contributed by atoms with E-state index >= 15 is 0 Å². The molecular weight excluding hydrogens is 216 g/mol. The topological polar surface area (TPSA) is 43.4 Å². The van der Waals surface area contributed by atoms with Gasteiger partial charge in [0.05, 0.1) is 12.3 Å². The first kappa shape index (κ1) is 13.9. The Hall–Kier alpha value is -1.13. The summed E-state index contributed by atoms with van der Waals surface area (Å²) in [5, 5.41) is 3.33. The van der Waals surface area contributed by atoms with Crippen molar-refractivity contribution in [3.63, 3.8) is 0 Å². The molecule has 0 aliphatic heterocycles. The molecule has 1 N–H and O–H groups in total. The van der Waals surface area contributed by atoms with Gasteiger partial charge in [0.25, 0.3) is 0 Å². The lowest BCUT2D eigenvalue weighted by atomic mass is 10.3. The number of nitrogens with one attached hydrogen (secondary N) is 1. The van der Waals surface area contributed by atoms with Crippen molar-refractivity contribution in [2.75, 3.05) is 20.3 Å². The van der Waals surface area contributed by atoms with Gasteiger partial charge in [-0.2, -0.15) is 0 Å². The predicted octanol–water partition coefficient (Wildman–Crippen LogP) is 1.99. The lowest BCUT2D eigenvalue weighted by Crippen LogP contribution is -2.22. The number of methoxy groups -OCH3 is 1. The number of hydrogen-bond donors (Lipinski definition) is 1. The monoisotopic (exact) mass is 238 g/mol. The predicted molar refractivity (Wildman–Crippen MR) is 68.2 cm³/mol. The molecule has 0 spiro atoms. The van der Waals surface area contributed by atoms with E-state index in [2.05, 4.69) is 24.1 Å². The quantitative estimate of drug-likeness (QED) is 0.703. The van der Waals surface area contributed by atoms with Gasteiger partial charge in [0.2, 0.25) is 5.88 Å². The molecular formula is C13H22N2O2. The molecule has 1 aromatic heterocycles. The summed E-state index contributed by atoms with van der Waals surface area (Å²) in [5.74, 6) is 0.684. The first-order valence-electron chi connectivity index (χ1n) is 6.03. The molecule has 0 aliphatic rings. The van der Waals surface area contributed by atoms with Crippen LogP contribution in [0.2, 0.25) is 0 Å². The molecule has 0 amide bonds. The molecule has 0 fully saturated rings. The van der Waals surface area contributed by atoms with Gasteiger partial charge >= 0.3 is 0 Å². The summed E-state index contributed by atoms with van der Waals surface area (Å²) in [6.45, 7) is 6.36. The van der Waals surface area contributed by atoms with Crippen LogP contribution in [-0.2, 0) is 11.3 Å². The molecule has 0 saturated heterocycles. The third-order valence-electron chi connectivity index (χ3n) is 2.22. The first-order valence-corrected chi connectivity index (χ1v) is 6.03. The second kappa shape index (κ2) is 8.03. The Morgan fingerprint density at radius 3 is 2.82 bits per heavy atom. The molecule has 0 saturated carbocycles. The van der Waals surface area contributed by atoms with Crippen LogP contribution in [0.5, 0.6) is 5.88 Å². The van der Waals surface area contributed by atoms with Crippen molar-refractivity contribution in [2.45, 2.75) is 32.9 Å². The molecule has 1 heterocycles. The number of ether oxygens (including phenoxy) is 2. The fourth-order valence-corrected chi connectivity index (χ4v) is 1.33. The fourth-order valence-electron chi connectivity index (χ4n) is 1.33. The normalized spacial score (nSPS) is 10.8. The lowest BCUT2D eigenvalue weighted by Gasteiger charge is -2.09. The van der Waals surface area contributed by atoms with Crippen molar-refractivity contribution < 1.29 is 9.47 Å². The average Bonchev–Trinajstić information content (AvgIpc) is 2.33. The van der Waals surface area contributed by atoms with E-state index in [0.29, 0.717) is 25.1 Å². The Labute approximate surface area is 103 Å². The summed E-state index contributed by atoms with van der Waals surface area (Å²) >= 11 is 0. The smallest absolute Gasteiger partial charge is 0.213 e. The zero-order chi connectivity index (χ0) is 12.5. The van der Waals surface area contributed by atoms with Gasteiger partial charge in [-0.15, -0.1) is 0 Å².